The van der Waals surface area contributed by atoms with E-state index in [0.29, 0.717) is 19.9 Å². The van der Waals surface area contributed by atoms with E-state index in [2.05, 4.69) is 10.2 Å². The number of hydrogen-bond donors (Lipinski definition) is 2. The molecule has 5 nitrogen and oxygen atoms in total. The van der Waals surface area contributed by atoms with Crippen molar-refractivity contribution < 1.29 is 14.6 Å². The summed E-state index contributed by atoms with van der Waals surface area (Å²) in [6.45, 7) is 3.36. The lowest BCUT2D eigenvalue weighted by Crippen LogP contribution is -2.32. The SMILES string of the molecule is OC1CNCCN(c2ccc3c(c2)OCO3)C1. The Bertz CT molecular complexity index is 411. The molecule has 0 aliphatic carbocycles. The van der Waals surface area contributed by atoms with Crippen LogP contribution in [-0.2, 0) is 0 Å². The number of hydrogen-bond acceptors (Lipinski definition) is 5. The first-order valence-corrected chi connectivity index (χ1v) is 5.86. The van der Waals surface area contributed by atoms with Crippen molar-refractivity contribution in [1.29, 1.82) is 0 Å². The van der Waals surface area contributed by atoms with Crippen LogP contribution in [0.3, 0.4) is 0 Å². The van der Waals surface area contributed by atoms with E-state index in [4.69, 9.17) is 9.47 Å². The number of aliphatic hydroxyl groups is 1. The van der Waals surface area contributed by atoms with Gasteiger partial charge in [-0.3, -0.25) is 0 Å². The van der Waals surface area contributed by atoms with Crippen LogP contribution in [0.1, 0.15) is 0 Å². The third-order valence-electron chi connectivity index (χ3n) is 3.09. The normalized spacial score (nSPS) is 23.6. The van der Waals surface area contributed by atoms with Crippen molar-refractivity contribution in [3.8, 4) is 11.5 Å². The summed E-state index contributed by atoms with van der Waals surface area (Å²) in [5.41, 5.74) is 1.07. The number of β-amino-alcohol motifs (C(OH)–C–C–N with tert-alkyl or cyclic N) is 1. The Morgan fingerprint density at radius 1 is 1.29 bits per heavy atom. The second kappa shape index (κ2) is 4.43. The van der Waals surface area contributed by atoms with E-state index in [1.165, 1.54) is 0 Å². The third kappa shape index (κ3) is 2.16. The van der Waals surface area contributed by atoms with Gasteiger partial charge in [0.2, 0.25) is 6.79 Å². The van der Waals surface area contributed by atoms with Crippen LogP contribution in [0.4, 0.5) is 5.69 Å². The molecular formula is C12H16N2O3. The number of fused-ring (bicyclic) bond motifs is 1. The summed E-state index contributed by atoms with van der Waals surface area (Å²) >= 11 is 0. The second-order valence-corrected chi connectivity index (χ2v) is 4.34. The van der Waals surface area contributed by atoms with Crippen LogP contribution in [-0.4, -0.2) is 44.2 Å². The number of nitrogens with zero attached hydrogens (tertiary/aromatic N) is 1. The molecule has 1 aromatic carbocycles. The van der Waals surface area contributed by atoms with Crippen LogP contribution in [0.5, 0.6) is 11.5 Å². The highest BCUT2D eigenvalue weighted by atomic mass is 16.7. The smallest absolute Gasteiger partial charge is 0.231 e. The largest absolute Gasteiger partial charge is 0.454 e. The van der Waals surface area contributed by atoms with E-state index in [0.717, 1.165) is 30.3 Å². The summed E-state index contributed by atoms with van der Waals surface area (Å²) < 4.78 is 10.6. The van der Waals surface area contributed by atoms with Gasteiger partial charge in [-0.2, -0.15) is 0 Å². The molecule has 1 fully saturated rings. The zero-order valence-corrected chi connectivity index (χ0v) is 9.56. The molecule has 1 unspecified atom stereocenters. The predicted octanol–water partition coefficient (Wildman–Crippen LogP) is 0.186. The molecule has 2 N–H and O–H groups in total. The van der Waals surface area contributed by atoms with Gasteiger partial charge >= 0.3 is 0 Å². The van der Waals surface area contributed by atoms with Gasteiger partial charge in [0.25, 0.3) is 0 Å². The van der Waals surface area contributed by atoms with Crippen molar-refractivity contribution in [2.45, 2.75) is 6.10 Å². The molecule has 5 heteroatoms. The van der Waals surface area contributed by atoms with Gasteiger partial charge in [0, 0.05) is 37.9 Å². The number of rotatable bonds is 1. The van der Waals surface area contributed by atoms with Crippen LogP contribution in [0.15, 0.2) is 18.2 Å². The van der Waals surface area contributed by atoms with Crippen molar-refractivity contribution in [3.05, 3.63) is 18.2 Å². The van der Waals surface area contributed by atoms with E-state index < -0.39 is 0 Å². The number of ether oxygens (including phenoxy) is 2. The van der Waals surface area contributed by atoms with Crippen LogP contribution in [0.25, 0.3) is 0 Å². The molecule has 0 saturated carbocycles. The standard InChI is InChI=1S/C12H16N2O3/c15-10-6-13-3-4-14(7-10)9-1-2-11-12(5-9)17-8-16-11/h1-2,5,10,13,15H,3-4,6-8H2. The minimum Gasteiger partial charge on any atom is -0.454 e. The second-order valence-electron chi connectivity index (χ2n) is 4.34. The molecule has 2 aliphatic heterocycles. The number of nitrogens with one attached hydrogen (secondary N) is 1. The molecule has 0 radical (unpaired) electrons. The molecule has 1 atom stereocenters. The zero-order valence-electron chi connectivity index (χ0n) is 9.56. The zero-order chi connectivity index (χ0) is 11.7. The Hall–Kier alpha value is -1.46. The Labute approximate surface area is 99.9 Å². The van der Waals surface area contributed by atoms with Crippen LogP contribution >= 0.6 is 0 Å². The van der Waals surface area contributed by atoms with Gasteiger partial charge in [-0.25, -0.2) is 0 Å². The average Bonchev–Trinajstić information content (AvgIpc) is 2.69. The van der Waals surface area contributed by atoms with Crippen molar-refractivity contribution in [2.75, 3.05) is 37.9 Å². The topological polar surface area (TPSA) is 54.0 Å². The van der Waals surface area contributed by atoms with Gasteiger partial charge in [-0.05, 0) is 12.1 Å². The van der Waals surface area contributed by atoms with E-state index in [1.807, 2.05) is 18.2 Å². The first-order valence-electron chi connectivity index (χ1n) is 5.86. The highest BCUT2D eigenvalue weighted by molar-refractivity contribution is 5.57. The van der Waals surface area contributed by atoms with Gasteiger partial charge in [0.1, 0.15) is 0 Å². The number of anilines is 1. The maximum atomic E-state index is 9.75. The molecular weight excluding hydrogens is 220 g/mol. The molecule has 0 spiro atoms. The van der Waals surface area contributed by atoms with E-state index in [1.54, 1.807) is 0 Å². The molecule has 17 heavy (non-hydrogen) atoms. The summed E-state index contributed by atoms with van der Waals surface area (Å²) in [6, 6.07) is 5.90. The number of benzene rings is 1. The van der Waals surface area contributed by atoms with Gasteiger partial charge in [0.15, 0.2) is 11.5 Å². The maximum Gasteiger partial charge on any atom is 0.231 e. The van der Waals surface area contributed by atoms with Crippen LogP contribution in [0, 0.1) is 0 Å². The highest BCUT2D eigenvalue weighted by Gasteiger charge is 2.19. The maximum absolute atomic E-state index is 9.75. The first kappa shape index (κ1) is 10.7. The number of aliphatic hydroxyl groups excluding tert-OH is 1. The summed E-state index contributed by atoms with van der Waals surface area (Å²) in [5.74, 6) is 1.58. The van der Waals surface area contributed by atoms with E-state index in [9.17, 15) is 5.11 Å². The fraction of sp³-hybridized carbons (Fsp3) is 0.500. The van der Waals surface area contributed by atoms with Gasteiger partial charge in [0.05, 0.1) is 6.10 Å². The van der Waals surface area contributed by atoms with Gasteiger partial charge < -0.3 is 24.8 Å². The quantitative estimate of drug-likeness (QED) is 0.729. The van der Waals surface area contributed by atoms with Gasteiger partial charge in [-0.15, -0.1) is 0 Å². The highest BCUT2D eigenvalue weighted by Crippen LogP contribution is 2.35. The lowest BCUT2D eigenvalue weighted by atomic mass is 10.2. The average molecular weight is 236 g/mol. The van der Waals surface area contributed by atoms with Crippen LogP contribution < -0.4 is 19.7 Å². The molecule has 1 saturated heterocycles. The fourth-order valence-electron chi connectivity index (χ4n) is 2.21. The Morgan fingerprint density at radius 3 is 3.12 bits per heavy atom. The minimum atomic E-state index is -0.331. The fourth-order valence-corrected chi connectivity index (χ4v) is 2.21. The van der Waals surface area contributed by atoms with Crippen molar-refractivity contribution in [2.24, 2.45) is 0 Å². The first-order chi connectivity index (χ1) is 8.33. The molecule has 0 bridgehead atoms. The van der Waals surface area contributed by atoms with Gasteiger partial charge in [-0.1, -0.05) is 0 Å². The van der Waals surface area contributed by atoms with E-state index >= 15 is 0 Å². The van der Waals surface area contributed by atoms with Crippen LogP contribution in [0.2, 0.25) is 0 Å². The summed E-state index contributed by atoms with van der Waals surface area (Å²) in [5, 5.41) is 13.0. The summed E-state index contributed by atoms with van der Waals surface area (Å²) in [7, 11) is 0. The van der Waals surface area contributed by atoms with Crippen molar-refractivity contribution >= 4 is 5.69 Å². The molecule has 0 aromatic heterocycles. The summed E-state index contributed by atoms with van der Waals surface area (Å²) in [4.78, 5) is 2.16. The predicted molar refractivity (Wildman–Crippen MR) is 63.7 cm³/mol. The monoisotopic (exact) mass is 236 g/mol. The molecule has 1 aromatic rings. The Balaban J connectivity index is 1.82. The Morgan fingerprint density at radius 2 is 2.18 bits per heavy atom. The molecule has 3 rings (SSSR count). The lowest BCUT2D eigenvalue weighted by molar-refractivity contribution is 0.174. The third-order valence-corrected chi connectivity index (χ3v) is 3.09. The van der Waals surface area contributed by atoms with Crippen molar-refractivity contribution in [1.82, 2.24) is 5.32 Å². The molecule has 0 amide bonds. The minimum absolute atomic E-state index is 0.295. The summed E-state index contributed by atoms with van der Waals surface area (Å²) in [6.07, 6.45) is -0.331. The lowest BCUT2D eigenvalue weighted by Gasteiger charge is -2.24. The van der Waals surface area contributed by atoms with E-state index in [-0.39, 0.29) is 6.10 Å². The van der Waals surface area contributed by atoms with Crippen molar-refractivity contribution in [3.63, 3.8) is 0 Å². The molecule has 2 heterocycles. The Kier molecular flexibility index (Phi) is 2.78. The molecule has 92 valence electrons. The molecule has 2 aliphatic rings.